The third-order valence-electron chi connectivity index (χ3n) is 12.1. The van der Waals surface area contributed by atoms with E-state index in [1.165, 1.54) is 16.7 Å². The Morgan fingerprint density at radius 2 is 0.956 bits per heavy atom. The van der Waals surface area contributed by atoms with E-state index in [0.29, 0.717) is 32.1 Å². The van der Waals surface area contributed by atoms with Crippen molar-refractivity contribution in [2.45, 2.75) is 167 Å². The molecule has 25 nitrogen and oxygen atoms in total. The van der Waals surface area contributed by atoms with Gasteiger partial charge in [-0.15, -0.1) is 0 Å². The second kappa shape index (κ2) is 26.8. The molecule has 2 saturated heterocycles. The Balaban J connectivity index is 2.25. The van der Waals surface area contributed by atoms with Gasteiger partial charge in [0.05, 0.1) is 25.3 Å². The van der Waals surface area contributed by atoms with Gasteiger partial charge in [-0.2, -0.15) is 0 Å². The molecule has 0 spiro atoms. The molecular weight excluding hydrogens is 893 g/mol. The summed E-state index contributed by atoms with van der Waals surface area (Å²) in [5.41, 5.74) is 22.1. The van der Waals surface area contributed by atoms with Gasteiger partial charge in [-0.25, -0.2) is 4.79 Å². The number of hydrogen-bond donors (Lipinski definition) is 11. The van der Waals surface area contributed by atoms with Crippen molar-refractivity contribution in [3.63, 3.8) is 0 Å². The quantitative estimate of drug-likeness (QED) is 0.0375. The first-order valence-corrected chi connectivity index (χ1v) is 23.0. The zero-order valence-electron chi connectivity index (χ0n) is 40.0. The Morgan fingerprint density at radius 3 is 1.40 bits per heavy atom. The molecule has 15 N–H and O–H groups in total. The second-order valence-electron chi connectivity index (χ2n) is 18.1. The lowest BCUT2D eigenvalue weighted by Gasteiger charge is -2.32. The smallest absolute Gasteiger partial charge is 0.326 e. The molecule has 2 rings (SSSR count). The first kappa shape index (κ1) is 57.7. The fraction of sp³-hybridized carbons (Fsp3) is 0.721. The van der Waals surface area contributed by atoms with Gasteiger partial charge < -0.3 is 69.7 Å². The summed E-state index contributed by atoms with van der Waals surface area (Å²) in [6, 6.07) is -12.0. The highest BCUT2D eigenvalue weighted by atomic mass is 16.4. The molecule has 11 amide bonds. The first-order valence-electron chi connectivity index (χ1n) is 23.0. The van der Waals surface area contributed by atoms with Crippen molar-refractivity contribution >= 4 is 70.9 Å². The highest BCUT2D eigenvalue weighted by Crippen LogP contribution is 2.23. The maximum atomic E-state index is 14.0. The van der Waals surface area contributed by atoms with E-state index in [0.717, 1.165) is 0 Å². The van der Waals surface area contributed by atoms with Crippen molar-refractivity contribution < 1.29 is 62.6 Å². The minimum atomic E-state index is -1.68. The number of carbonyl (C=O) groups is 12. The number of nitrogens with zero attached hydrogens (tertiary/aromatic N) is 2. The van der Waals surface area contributed by atoms with Crippen LogP contribution in [0, 0.1) is 17.8 Å². The number of hydrogen-bond acceptors (Lipinski definition) is 13. The van der Waals surface area contributed by atoms with Crippen LogP contribution in [0.4, 0.5) is 0 Å². The number of amides is 11. The molecule has 0 aromatic rings. The minimum Gasteiger partial charge on any atom is -0.480 e. The Hall–Kier alpha value is -6.40. The highest BCUT2D eigenvalue weighted by Gasteiger charge is 2.42. The number of likely N-dealkylation sites (tertiary alicyclic amines) is 2. The van der Waals surface area contributed by atoms with Crippen LogP contribution in [0.1, 0.15) is 113 Å². The molecule has 382 valence electrons. The topological polar surface area (TPSA) is 408 Å². The van der Waals surface area contributed by atoms with Gasteiger partial charge in [0.2, 0.25) is 65.0 Å². The summed E-state index contributed by atoms with van der Waals surface area (Å²) < 4.78 is 0. The molecule has 0 saturated carbocycles. The van der Waals surface area contributed by atoms with Crippen molar-refractivity contribution in [2.75, 3.05) is 13.1 Å². The van der Waals surface area contributed by atoms with Crippen LogP contribution in [0.5, 0.6) is 0 Å². The summed E-state index contributed by atoms with van der Waals surface area (Å²) in [4.78, 5) is 159. The van der Waals surface area contributed by atoms with Crippen molar-refractivity contribution in [1.82, 2.24) is 41.7 Å². The van der Waals surface area contributed by atoms with Gasteiger partial charge in [0.25, 0.3) is 0 Å². The number of carbonyl (C=O) groups excluding carboxylic acids is 11. The predicted molar refractivity (Wildman–Crippen MR) is 242 cm³/mol. The van der Waals surface area contributed by atoms with Crippen molar-refractivity contribution in [3.05, 3.63) is 0 Å². The second-order valence-corrected chi connectivity index (χ2v) is 18.1. The molecular formula is C43H72N12O13. The molecule has 0 aromatic carbocycles. The maximum Gasteiger partial charge on any atom is 0.326 e. The van der Waals surface area contributed by atoms with E-state index in [2.05, 4.69) is 31.9 Å². The van der Waals surface area contributed by atoms with Crippen molar-refractivity contribution in [1.29, 1.82) is 0 Å². The van der Waals surface area contributed by atoms with Crippen LogP contribution < -0.4 is 54.8 Å². The Morgan fingerprint density at radius 1 is 0.544 bits per heavy atom. The fourth-order valence-electron chi connectivity index (χ4n) is 7.92. The standard InChI is InChI=1S/C43H72N12O13/c1-8-21(5)33(52-36(60)26(18-31(46)57)50-38(62)28-12-10-14-54(28)41(65)24(44)16-20(3)4)40(64)48-23(7)35(59)49-25(17-30(45)56)37(61)53-34(22(6)9-2)42(66)55-15-11-13-29(55)39(63)51-27(43(67)68)19-32(47)58/h20-29,33-34H,8-19,44H2,1-7H3,(H2,45,56)(H2,46,57)(H2,47,58)(H,48,64)(H,49,59)(H,50,62)(H,51,63)(H,52,60)(H,53,61)(H,67,68). The predicted octanol–water partition coefficient (Wildman–Crippen LogP) is -3.93. The van der Waals surface area contributed by atoms with Gasteiger partial charge >= 0.3 is 5.97 Å². The maximum absolute atomic E-state index is 14.0. The number of primary amides is 3. The largest absolute Gasteiger partial charge is 0.480 e. The third kappa shape index (κ3) is 17.0. The third-order valence-corrected chi connectivity index (χ3v) is 12.1. The number of aliphatic carboxylic acids is 1. The van der Waals surface area contributed by atoms with Gasteiger partial charge in [-0.1, -0.05) is 54.4 Å². The zero-order chi connectivity index (χ0) is 51.7. The zero-order valence-corrected chi connectivity index (χ0v) is 40.0. The number of rotatable bonds is 27. The first-order chi connectivity index (χ1) is 31.7. The van der Waals surface area contributed by atoms with Crippen LogP contribution in [0.15, 0.2) is 0 Å². The van der Waals surface area contributed by atoms with Crippen LogP contribution in [-0.2, 0) is 57.5 Å². The van der Waals surface area contributed by atoms with Crippen LogP contribution in [-0.4, -0.2) is 153 Å². The molecule has 0 radical (unpaired) electrons. The Labute approximate surface area is 395 Å². The van der Waals surface area contributed by atoms with Crippen LogP contribution in [0.25, 0.3) is 0 Å². The molecule has 0 aliphatic carbocycles. The lowest BCUT2D eigenvalue weighted by Crippen LogP contribution is -2.61. The number of nitrogens with two attached hydrogens (primary N) is 4. The minimum absolute atomic E-state index is 0.0557. The average molecular weight is 965 g/mol. The molecule has 68 heavy (non-hydrogen) atoms. The summed E-state index contributed by atoms with van der Waals surface area (Å²) in [5.74, 6) is -12.1. The lowest BCUT2D eigenvalue weighted by molar-refractivity contribution is -0.146. The molecule has 25 heteroatoms. The Bertz CT molecular complexity index is 1900. The number of carboxylic acid groups (broad SMARTS) is 1. The van der Waals surface area contributed by atoms with E-state index in [4.69, 9.17) is 22.9 Å². The van der Waals surface area contributed by atoms with E-state index >= 15 is 0 Å². The van der Waals surface area contributed by atoms with E-state index in [-0.39, 0.29) is 31.8 Å². The van der Waals surface area contributed by atoms with E-state index in [9.17, 15) is 62.6 Å². The van der Waals surface area contributed by atoms with E-state index in [1.54, 1.807) is 27.7 Å². The van der Waals surface area contributed by atoms with Crippen LogP contribution in [0.3, 0.4) is 0 Å². The summed E-state index contributed by atoms with van der Waals surface area (Å²) >= 11 is 0. The van der Waals surface area contributed by atoms with Crippen LogP contribution >= 0.6 is 0 Å². The SMILES string of the molecule is CCC(C)C(NC(=O)C(CC(N)=O)NC(=O)C1CCCN1C(=O)C(N)CC(C)C)C(=O)NC(C)C(=O)NC(CC(N)=O)C(=O)NC(C(=O)N1CCCC1C(=O)NC(CC(N)=O)C(=O)O)C(C)CC. The van der Waals surface area contributed by atoms with Crippen LogP contribution in [0.2, 0.25) is 0 Å². The summed E-state index contributed by atoms with van der Waals surface area (Å²) in [6.07, 6.45) is 0.153. The molecule has 2 aliphatic rings. The van der Waals surface area contributed by atoms with Gasteiger partial charge in [-0.05, 0) is 56.8 Å². The average Bonchev–Trinajstić information content (AvgIpc) is 3.96. The molecule has 2 fully saturated rings. The molecule has 0 aromatic heterocycles. The lowest BCUT2D eigenvalue weighted by atomic mass is 9.96. The summed E-state index contributed by atoms with van der Waals surface area (Å²) in [6.45, 7) is 12.1. The molecule has 2 aliphatic heterocycles. The van der Waals surface area contributed by atoms with Gasteiger partial charge in [0, 0.05) is 13.1 Å². The fourth-order valence-corrected chi connectivity index (χ4v) is 7.92. The Kier molecular flexibility index (Phi) is 22.8. The van der Waals surface area contributed by atoms with Gasteiger partial charge in [0.15, 0.2) is 0 Å². The monoisotopic (exact) mass is 965 g/mol. The summed E-state index contributed by atoms with van der Waals surface area (Å²) in [5, 5.41) is 24.1. The van der Waals surface area contributed by atoms with Gasteiger partial charge in [0.1, 0.15) is 48.3 Å². The van der Waals surface area contributed by atoms with E-state index in [1.807, 2.05) is 13.8 Å². The molecule has 11 atom stereocenters. The highest BCUT2D eigenvalue weighted by molar-refractivity contribution is 6.00. The molecule has 2 heterocycles. The van der Waals surface area contributed by atoms with E-state index < -0.39 is 156 Å². The molecule has 0 bridgehead atoms. The van der Waals surface area contributed by atoms with Gasteiger partial charge in [-0.3, -0.25) is 52.7 Å². The normalized spacial score (nSPS) is 19.7. The van der Waals surface area contributed by atoms with Crippen molar-refractivity contribution in [2.24, 2.45) is 40.7 Å². The number of carboxylic acids is 1. The number of nitrogens with one attached hydrogen (secondary N) is 6. The van der Waals surface area contributed by atoms with Crippen molar-refractivity contribution in [3.8, 4) is 0 Å². The molecule has 11 unspecified atom stereocenters. The summed E-state index contributed by atoms with van der Waals surface area (Å²) in [7, 11) is 0.